The zero-order chi connectivity index (χ0) is 21.7. The zero-order valence-corrected chi connectivity index (χ0v) is 17.3. The molecule has 0 unspecified atom stereocenters. The van der Waals surface area contributed by atoms with Gasteiger partial charge in [-0.15, -0.1) is 11.3 Å². The van der Waals surface area contributed by atoms with E-state index in [9.17, 15) is 14.7 Å². The van der Waals surface area contributed by atoms with Crippen LogP contribution in [0.3, 0.4) is 0 Å². The van der Waals surface area contributed by atoms with Gasteiger partial charge < -0.3 is 13.9 Å². The number of thiazole rings is 1. The third kappa shape index (κ3) is 3.24. The minimum Gasteiger partial charge on any atom is -0.507 e. The first-order chi connectivity index (χ1) is 14.9. The van der Waals surface area contributed by atoms with E-state index in [2.05, 4.69) is 10.1 Å². The van der Waals surface area contributed by atoms with E-state index in [0.717, 1.165) is 5.39 Å². The molecule has 4 aromatic heterocycles. The van der Waals surface area contributed by atoms with Gasteiger partial charge in [0.15, 0.2) is 0 Å². The lowest BCUT2D eigenvalue weighted by atomic mass is 10.1. The van der Waals surface area contributed by atoms with Gasteiger partial charge in [-0.1, -0.05) is 18.2 Å². The van der Waals surface area contributed by atoms with Crippen molar-refractivity contribution in [3.63, 3.8) is 0 Å². The van der Waals surface area contributed by atoms with E-state index in [4.69, 9.17) is 8.83 Å². The summed E-state index contributed by atoms with van der Waals surface area (Å²) >= 11 is 1.22. The second-order valence-electron chi connectivity index (χ2n) is 6.99. The molecule has 4 heterocycles. The minimum absolute atomic E-state index is 0.0243. The maximum atomic E-state index is 12.7. The molecule has 154 valence electrons. The molecule has 8 nitrogen and oxygen atoms in total. The molecule has 0 spiro atoms. The van der Waals surface area contributed by atoms with Crippen LogP contribution in [0.25, 0.3) is 38.6 Å². The monoisotopic (exact) mass is 433 g/mol. The van der Waals surface area contributed by atoms with Gasteiger partial charge in [0.25, 0.3) is 0 Å². The number of rotatable bonds is 3. The molecule has 1 aromatic carbocycles. The van der Waals surface area contributed by atoms with Crippen molar-refractivity contribution in [1.82, 2.24) is 14.8 Å². The SMILES string of the molecule is Cc1cc(-c2cc3ccccc3oc2=O)n(-c2nc(-c3c(O)cc(C)oc3=O)cs2)n1. The molecule has 0 fully saturated rings. The van der Waals surface area contributed by atoms with Gasteiger partial charge in [0.1, 0.15) is 22.7 Å². The first-order valence-electron chi connectivity index (χ1n) is 9.30. The summed E-state index contributed by atoms with van der Waals surface area (Å²) in [6.07, 6.45) is 0. The van der Waals surface area contributed by atoms with Gasteiger partial charge in [-0.25, -0.2) is 19.3 Å². The Bertz CT molecular complexity index is 1570. The predicted molar refractivity (Wildman–Crippen MR) is 116 cm³/mol. The Morgan fingerprint density at radius 3 is 2.65 bits per heavy atom. The van der Waals surface area contributed by atoms with Crippen LogP contribution in [0.15, 0.2) is 66.3 Å². The van der Waals surface area contributed by atoms with Crippen molar-refractivity contribution >= 4 is 22.3 Å². The number of aromatic hydroxyl groups is 1. The molecule has 5 rings (SSSR count). The van der Waals surface area contributed by atoms with Crippen LogP contribution < -0.4 is 11.3 Å². The van der Waals surface area contributed by atoms with Crippen molar-refractivity contribution < 1.29 is 13.9 Å². The number of nitrogens with zero attached hydrogens (tertiary/aromatic N) is 3. The van der Waals surface area contributed by atoms with Gasteiger partial charge in [0, 0.05) is 16.8 Å². The van der Waals surface area contributed by atoms with Gasteiger partial charge in [0.2, 0.25) is 5.13 Å². The molecule has 0 aliphatic rings. The number of para-hydroxylation sites is 1. The lowest BCUT2D eigenvalue weighted by Gasteiger charge is -2.05. The van der Waals surface area contributed by atoms with Crippen molar-refractivity contribution in [3.8, 4) is 33.4 Å². The molecule has 1 N–H and O–H groups in total. The molecular weight excluding hydrogens is 418 g/mol. The third-order valence-corrected chi connectivity index (χ3v) is 5.55. The van der Waals surface area contributed by atoms with Gasteiger partial charge >= 0.3 is 11.3 Å². The molecule has 0 atom stereocenters. The Balaban J connectivity index is 1.66. The van der Waals surface area contributed by atoms with Crippen LogP contribution in [0.5, 0.6) is 5.75 Å². The fourth-order valence-electron chi connectivity index (χ4n) is 3.39. The molecule has 0 saturated heterocycles. The lowest BCUT2D eigenvalue weighted by molar-refractivity contribution is 0.438. The standard InChI is InChI=1S/C22H15N3O5S/c1-11-7-16(14-9-13-5-3-4-6-18(13)30-20(14)27)25(24-11)22-23-15(10-31-22)19-17(26)8-12(2)29-21(19)28/h3-10,26H,1-2H3. The average Bonchev–Trinajstić information content (AvgIpc) is 3.33. The minimum atomic E-state index is -0.679. The topological polar surface area (TPSA) is 111 Å². The number of benzene rings is 1. The maximum Gasteiger partial charge on any atom is 0.349 e. The molecule has 0 radical (unpaired) electrons. The predicted octanol–water partition coefficient (Wildman–Crippen LogP) is 4.04. The van der Waals surface area contributed by atoms with Crippen molar-refractivity contribution in [2.24, 2.45) is 0 Å². The van der Waals surface area contributed by atoms with Gasteiger partial charge in [-0.2, -0.15) is 5.10 Å². The maximum absolute atomic E-state index is 12.7. The van der Waals surface area contributed by atoms with Gasteiger partial charge in [-0.3, -0.25) is 0 Å². The molecule has 0 amide bonds. The summed E-state index contributed by atoms with van der Waals surface area (Å²) < 4.78 is 12.1. The average molecular weight is 433 g/mol. The van der Waals surface area contributed by atoms with Gasteiger partial charge in [-0.05, 0) is 32.0 Å². The normalized spacial score (nSPS) is 11.3. The van der Waals surface area contributed by atoms with E-state index in [1.807, 2.05) is 12.1 Å². The first-order valence-corrected chi connectivity index (χ1v) is 10.2. The molecule has 0 aliphatic carbocycles. The van der Waals surface area contributed by atoms with Crippen LogP contribution in [0.4, 0.5) is 0 Å². The number of aryl methyl sites for hydroxylation is 2. The van der Waals surface area contributed by atoms with Crippen LogP contribution in [-0.2, 0) is 0 Å². The summed E-state index contributed by atoms with van der Waals surface area (Å²) in [6.45, 7) is 3.38. The Morgan fingerprint density at radius 2 is 1.84 bits per heavy atom. The number of hydrogen-bond acceptors (Lipinski definition) is 8. The quantitative estimate of drug-likeness (QED) is 0.427. The van der Waals surface area contributed by atoms with Gasteiger partial charge in [0.05, 0.1) is 22.6 Å². The van der Waals surface area contributed by atoms with Crippen LogP contribution in [-0.4, -0.2) is 19.9 Å². The Kier molecular flexibility index (Phi) is 4.33. The fraction of sp³-hybridized carbons (Fsp3) is 0.0909. The summed E-state index contributed by atoms with van der Waals surface area (Å²) in [4.78, 5) is 29.4. The fourth-order valence-corrected chi connectivity index (χ4v) is 4.16. The highest BCUT2D eigenvalue weighted by atomic mass is 32.1. The van der Waals surface area contributed by atoms with E-state index in [1.54, 1.807) is 43.5 Å². The molecule has 0 aliphatic heterocycles. The van der Waals surface area contributed by atoms with Crippen molar-refractivity contribution in [1.29, 1.82) is 0 Å². The third-order valence-electron chi connectivity index (χ3n) is 4.73. The molecule has 0 saturated carbocycles. The summed E-state index contributed by atoms with van der Waals surface area (Å²) in [6, 6.07) is 12.1. The van der Waals surface area contributed by atoms with E-state index < -0.39 is 11.3 Å². The Hall–Kier alpha value is -3.98. The number of fused-ring (bicyclic) bond motifs is 1. The molecular formula is C22H15N3O5S. The van der Waals surface area contributed by atoms with Crippen molar-refractivity contribution in [3.05, 3.63) is 80.1 Å². The molecule has 31 heavy (non-hydrogen) atoms. The van der Waals surface area contributed by atoms with E-state index in [-0.39, 0.29) is 17.0 Å². The second kappa shape index (κ2) is 7.06. The second-order valence-corrected chi connectivity index (χ2v) is 7.82. The highest BCUT2D eigenvalue weighted by Gasteiger charge is 2.20. The first kappa shape index (κ1) is 19.0. The van der Waals surface area contributed by atoms with E-state index in [1.165, 1.54) is 22.1 Å². The van der Waals surface area contributed by atoms with Crippen molar-refractivity contribution in [2.75, 3.05) is 0 Å². The van der Waals surface area contributed by atoms with Crippen LogP contribution in [0.2, 0.25) is 0 Å². The number of hydrogen-bond donors (Lipinski definition) is 1. The van der Waals surface area contributed by atoms with E-state index >= 15 is 0 Å². The molecule has 5 aromatic rings. The largest absolute Gasteiger partial charge is 0.507 e. The van der Waals surface area contributed by atoms with E-state index in [0.29, 0.717) is 33.4 Å². The van der Waals surface area contributed by atoms with Crippen molar-refractivity contribution in [2.45, 2.75) is 13.8 Å². The highest BCUT2D eigenvalue weighted by molar-refractivity contribution is 7.12. The number of aromatic nitrogens is 3. The van der Waals surface area contributed by atoms with Crippen LogP contribution >= 0.6 is 11.3 Å². The summed E-state index contributed by atoms with van der Waals surface area (Å²) in [5.41, 5.74) is 1.09. The smallest absolute Gasteiger partial charge is 0.349 e. The summed E-state index contributed by atoms with van der Waals surface area (Å²) in [7, 11) is 0. The van der Waals surface area contributed by atoms with Crippen LogP contribution in [0, 0.1) is 13.8 Å². The summed E-state index contributed by atoms with van der Waals surface area (Å²) in [5.74, 6) is 0.0902. The molecule has 0 bridgehead atoms. The molecule has 9 heteroatoms. The summed E-state index contributed by atoms with van der Waals surface area (Å²) in [5, 5.41) is 17.5. The highest BCUT2D eigenvalue weighted by Crippen LogP contribution is 2.31. The lowest BCUT2D eigenvalue weighted by Crippen LogP contribution is -2.08. The Morgan fingerprint density at radius 1 is 1.03 bits per heavy atom. The Labute approximate surface area is 178 Å². The zero-order valence-electron chi connectivity index (χ0n) is 16.4. The van der Waals surface area contributed by atoms with Crippen LogP contribution in [0.1, 0.15) is 11.5 Å².